The van der Waals surface area contributed by atoms with E-state index in [9.17, 15) is 4.79 Å². The van der Waals surface area contributed by atoms with Crippen LogP contribution in [0, 0.1) is 0 Å². The second kappa shape index (κ2) is 4.19. The van der Waals surface area contributed by atoms with Gasteiger partial charge in [-0.15, -0.1) is 0 Å². The third-order valence-corrected chi connectivity index (χ3v) is 2.30. The molecule has 0 atom stereocenters. The number of nitrogens with two attached hydrogens (primary N) is 1. The summed E-state index contributed by atoms with van der Waals surface area (Å²) in [6.07, 6.45) is 3.44. The summed E-state index contributed by atoms with van der Waals surface area (Å²) in [6.45, 7) is 0.440. The molecule has 2 rings (SSSR count). The summed E-state index contributed by atoms with van der Waals surface area (Å²) in [5, 5.41) is 0. The molecule has 2 aromatic heterocycles. The first-order chi connectivity index (χ1) is 7.70. The van der Waals surface area contributed by atoms with Crippen LogP contribution in [0.15, 0.2) is 35.4 Å². The molecule has 0 saturated heterocycles. The molecule has 6 heteroatoms. The maximum absolute atomic E-state index is 11.6. The first kappa shape index (κ1) is 10.4. The van der Waals surface area contributed by atoms with Gasteiger partial charge in [-0.3, -0.25) is 4.57 Å². The number of aromatic nitrogens is 3. The summed E-state index contributed by atoms with van der Waals surface area (Å²) >= 11 is 0. The molecule has 0 saturated carbocycles. The van der Waals surface area contributed by atoms with Gasteiger partial charge < -0.3 is 9.99 Å². The highest BCUT2D eigenvalue weighted by Crippen LogP contribution is 2.03. The molecule has 0 bridgehead atoms. The summed E-state index contributed by atoms with van der Waals surface area (Å²) < 4.78 is 3.10. The van der Waals surface area contributed by atoms with Gasteiger partial charge in [-0.25, -0.2) is 15.6 Å². The fourth-order valence-electron chi connectivity index (χ4n) is 1.45. The van der Waals surface area contributed by atoms with E-state index < -0.39 is 0 Å². The van der Waals surface area contributed by atoms with Crippen molar-refractivity contribution in [2.45, 2.75) is 6.54 Å². The molecule has 0 aliphatic heterocycles. The Hall–Kier alpha value is -2.08. The van der Waals surface area contributed by atoms with E-state index in [2.05, 4.69) is 10.4 Å². The van der Waals surface area contributed by atoms with Crippen LogP contribution in [0.3, 0.4) is 0 Å². The molecule has 0 amide bonds. The van der Waals surface area contributed by atoms with Crippen molar-refractivity contribution in [2.24, 2.45) is 12.9 Å². The summed E-state index contributed by atoms with van der Waals surface area (Å²) in [6, 6.07) is 5.45. The lowest BCUT2D eigenvalue weighted by molar-refractivity contribution is 0.705. The van der Waals surface area contributed by atoms with Crippen LogP contribution in [0.5, 0.6) is 0 Å². The number of hydrogen-bond donors (Lipinski definition) is 2. The molecular weight excluding hydrogens is 206 g/mol. The van der Waals surface area contributed by atoms with Gasteiger partial charge in [0.25, 0.3) is 0 Å². The lowest BCUT2D eigenvalue weighted by Gasteiger charge is -2.03. The molecule has 0 aromatic carbocycles. The van der Waals surface area contributed by atoms with Crippen LogP contribution in [0.1, 0.15) is 5.69 Å². The van der Waals surface area contributed by atoms with Gasteiger partial charge in [0.2, 0.25) is 0 Å². The normalized spacial score (nSPS) is 10.4. The first-order valence-electron chi connectivity index (χ1n) is 4.85. The van der Waals surface area contributed by atoms with Gasteiger partial charge >= 0.3 is 5.69 Å². The SMILES string of the molecule is Cn1ccn(Cc2cccc(NN)n2)c1=O. The van der Waals surface area contributed by atoms with Crippen LogP contribution in [0.4, 0.5) is 5.82 Å². The van der Waals surface area contributed by atoms with E-state index in [0.29, 0.717) is 12.4 Å². The second-order valence-electron chi connectivity index (χ2n) is 3.48. The fraction of sp³-hybridized carbons (Fsp3) is 0.200. The van der Waals surface area contributed by atoms with Gasteiger partial charge in [0.05, 0.1) is 12.2 Å². The van der Waals surface area contributed by atoms with Crippen molar-refractivity contribution in [3.05, 3.63) is 46.8 Å². The van der Waals surface area contributed by atoms with Gasteiger partial charge in [0, 0.05) is 19.4 Å². The van der Waals surface area contributed by atoms with Crippen molar-refractivity contribution < 1.29 is 0 Å². The maximum Gasteiger partial charge on any atom is 0.328 e. The number of nitrogen functional groups attached to an aromatic ring is 1. The van der Waals surface area contributed by atoms with Crippen molar-refractivity contribution in [3.8, 4) is 0 Å². The molecule has 0 aliphatic rings. The van der Waals surface area contributed by atoms with Gasteiger partial charge in [-0.1, -0.05) is 6.07 Å². The third-order valence-electron chi connectivity index (χ3n) is 2.30. The van der Waals surface area contributed by atoms with Crippen LogP contribution in [0.25, 0.3) is 0 Å². The van der Waals surface area contributed by atoms with Crippen molar-refractivity contribution in [3.63, 3.8) is 0 Å². The Morgan fingerprint density at radius 2 is 2.25 bits per heavy atom. The summed E-state index contributed by atoms with van der Waals surface area (Å²) in [5.41, 5.74) is 3.19. The molecular formula is C10H13N5O. The van der Waals surface area contributed by atoms with Gasteiger partial charge in [-0.2, -0.15) is 0 Å². The second-order valence-corrected chi connectivity index (χ2v) is 3.48. The number of hydrogen-bond acceptors (Lipinski definition) is 4. The largest absolute Gasteiger partial charge is 0.328 e. The predicted molar refractivity (Wildman–Crippen MR) is 60.8 cm³/mol. The Morgan fingerprint density at radius 1 is 1.44 bits per heavy atom. The van der Waals surface area contributed by atoms with Crippen molar-refractivity contribution in [1.29, 1.82) is 0 Å². The zero-order chi connectivity index (χ0) is 11.5. The van der Waals surface area contributed by atoms with Gasteiger partial charge in [0.15, 0.2) is 0 Å². The molecule has 2 aromatic rings. The minimum Gasteiger partial charge on any atom is -0.308 e. The number of hydrazine groups is 1. The van der Waals surface area contributed by atoms with E-state index in [1.807, 2.05) is 12.1 Å². The maximum atomic E-state index is 11.6. The number of imidazole rings is 1. The smallest absolute Gasteiger partial charge is 0.308 e. The van der Waals surface area contributed by atoms with E-state index in [-0.39, 0.29) is 5.69 Å². The topological polar surface area (TPSA) is 77.9 Å². The third kappa shape index (κ3) is 1.96. The van der Waals surface area contributed by atoms with Crippen LogP contribution in [-0.2, 0) is 13.6 Å². The molecule has 0 unspecified atom stereocenters. The number of aryl methyl sites for hydroxylation is 1. The lowest BCUT2D eigenvalue weighted by Crippen LogP contribution is -2.22. The van der Waals surface area contributed by atoms with E-state index in [1.54, 1.807) is 30.1 Å². The minimum absolute atomic E-state index is 0.0621. The molecule has 0 spiro atoms. The summed E-state index contributed by atoms with van der Waals surface area (Å²) in [4.78, 5) is 15.8. The Balaban J connectivity index is 2.27. The van der Waals surface area contributed by atoms with E-state index in [1.165, 1.54) is 4.57 Å². The summed E-state index contributed by atoms with van der Waals surface area (Å²) in [5.74, 6) is 5.85. The van der Waals surface area contributed by atoms with Crippen molar-refractivity contribution in [1.82, 2.24) is 14.1 Å². The van der Waals surface area contributed by atoms with Crippen molar-refractivity contribution >= 4 is 5.82 Å². The predicted octanol–water partition coefficient (Wildman–Crippen LogP) is -0.0843. The number of nitrogens with one attached hydrogen (secondary N) is 1. The number of anilines is 1. The Labute approximate surface area is 92.3 Å². The molecule has 84 valence electrons. The van der Waals surface area contributed by atoms with Gasteiger partial charge in [-0.05, 0) is 12.1 Å². The Bertz CT molecular complexity index is 542. The zero-order valence-electron chi connectivity index (χ0n) is 8.92. The molecule has 0 aliphatic carbocycles. The quantitative estimate of drug-likeness (QED) is 0.559. The van der Waals surface area contributed by atoms with Crippen LogP contribution < -0.4 is 17.0 Å². The molecule has 3 N–H and O–H groups in total. The first-order valence-corrected chi connectivity index (χ1v) is 4.85. The Kier molecular flexibility index (Phi) is 2.74. The molecule has 16 heavy (non-hydrogen) atoms. The van der Waals surface area contributed by atoms with Crippen LogP contribution >= 0.6 is 0 Å². The van der Waals surface area contributed by atoms with Crippen molar-refractivity contribution in [2.75, 3.05) is 5.43 Å². The molecule has 0 radical (unpaired) electrons. The standard InChI is InChI=1S/C10H13N5O/c1-14-5-6-15(10(14)16)7-8-3-2-4-9(12-8)13-11/h2-6H,7,11H2,1H3,(H,12,13). The fourth-order valence-corrected chi connectivity index (χ4v) is 1.45. The monoisotopic (exact) mass is 219 g/mol. The Morgan fingerprint density at radius 3 is 2.88 bits per heavy atom. The van der Waals surface area contributed by atoms with Crippen LogP contribution in [0.2, 0.25) is 0 Å². The zero-order valence-corrected chi connectivity index (χ0v) is 8.92. The van der Waals surface area contributed by atoms with Crippen LogP contribution in [-0.4, -0.2) is 14.1 Å². The molecule has 6 nitrogen and oxygen atoms in total. The highest BCUT2D eigenvalue weighted by Gasteiger charge is 2.02. The number of rotatable bonds is 3. The highest BCUT2D eigenvalue weighted by molar-refractivity contribution is 5.33. The minimum atomic E-state index is -0.0621. The molecule has 0 fully saturated rings. The highest BCUT2D eigenvalue weighted by atomic mass is 16.1. The summed E-state index contributed by atoms with van der Waals surface area (Å²) in [7, 11) is 1.71. The number of pyridine rings is 1. The van der Waals surface area contributed by atoms with E-state index in [4.69, 9.17) is 5.84 Å². The van der Waals surface area contributed by atoms with E-state index in [0.717, 1.165) is 5.69 Å². The van der Waals surface area contributed by atoms with E-state index >= 15 is 0 Å². The average molecular weight is 219 g/mol. The molecule has 2 heterocycles. The average Bonchev–Trinajstić information content (AvgIpc) is 2.61. The lowest BCUT2D eigenvalue weighted by atomic mass is 10.3. The van der Waals surface area contributed by atoms with Gasteiger partial charge in [0.1, 0.15) is 5.82 Å². The number of nitrogens with zero attached hydrogens (tertiary/aromatic N) is 3.